The highest BCUT2D eigenvalue weighted by Crippen LogP contribution is 2.47. The summed E-state index contributed by atoms with van der Waals surface area (Å²) in [6.45, 7) is 2.32. The molecule has 1 aromatic heterocycles. The molecule has 4 aromatic rings. The zero-order chi connectivity index (χ0) is 23.7. The van der Waals surface area contributed by atoms with Gasteiger partial charge in [0.2, 0.25) is 5.91 Å². The van der Waals surface area contributed by atoms with Crippen LogP contribution < -0.4 is 10.1 Å². The maximum atomic E-state index is 12.7. The number of carbonyl (C=O) groups is 1. The summed E-state index contributed by atoms with van der Waals surface area (Å²) < 4.78 is 7.20. The lowest BCUT2D eigenvalue weighted by molar-refractivity contribution is -0.117. The predicted octanol–water partition coefficient (Wildman–Crippen LogP) is 6.38. The van der Waals surface area contributed by atoms with Crippen molar-refractivity contribution in [2.75, 3.05) is 11.9 Å². The van der Waals surface area contributed by atoms with Gasteiger partial charge in [0.1, 0.15) is 0 Å². The van der Waals surface area contributed by atoms with Crippen LogP contribution in [0.4, 0.5) is 5.69 Å². The molecule has 0 spiro atoms. The maximum Gasteiger partial charge on any atom is 0.336 e. The van der Waals surface area contributed by atoms with Gasteiger partial charge in [0.15, 0.2) is 5.82 Å². The van der Waals surface area contributed by atoms with Crippen LogP contribution in [0.25, 0.3) is 17.1 Å². The number of amides is 1. The summed E-state index contributed by atoms with van der Waals surface area (Å²) in [4.78, 5) is 17.2. The minimum Gasteiger partial charge on any atom is -0.463 e. The second-order valence-electron chi connectivity index (χ2n) is 8.09. The van der Waals surface area contributed by atoms with Gasteiger partial charge in [-0.1, -0.05) is 53.5 Å². The third kappa shape index (κ3) is 4.65. The first kappa shape index (κ1) is 22.4. The topological polar surface area (TPSA) is 69.0 Å². The summed E-state index contributed by atoms with van der Waals surface area (Å²) in [5.74, 6) is 0.911. The molecule has 0 unspecified atom stereocenters. The molecule has 1 fully saturated rings. The van der Waals surface area contributed by atoms with Crippen molar-refractivity contribution >= 4 is 34.8 Å². The molecular formula is C26H22Cl2N4O2. The van der Waals surface area contributed by atoms with Crippen molar-refractivity contribution in [1.82, 2.24) is 14.8 Å². The molecule has 3 aromatic carbocycles. The van der Waals surface area contributed by atoms with Gasteiger partial charge in [-0.3, -0.25) is 4.79 Å². The minimum absolute atomic E-state index is 0.00685. The Balaban J connectivity index is 1.35. The predicted molar refractivity (Wildman–Crippen MR) is 134 cm³/mol. The van der Waals surface area contributed by atoms with Crippen molar-refractivity contribution in [3.63, 3.8) is 0 Å². The van der Waals surface area contributed by atoms with Crippen LogP contribution in [0.2, 0.25) is 10.0 Å². The molecule has 34 heavy (non-hydrogen) atoms. The van der Waals surface area contributed by atoms with Crippen LogP contribution in [0.15, 0.2) is 72.8 Å². The number of aromatic nitrogens is 3. The number of carbonyl (C=O) groups excluding carboxylic acids is 1. The fraction of sp³-hybridized carbons (Fsp3) is 0.192. The molecule has 172 valence electrons. The van der Waals surface area contributed by atoms with E-state index in [1.54, 1.807) is 16.8 Å². The molecule has 0 saturated heterocycles. The Labute approximate surface area is 207 Å². The van der Waals surface area contributed by atoms with Gasteiger partial charge >= 0.3 is 6.01 Å². The first-order valence-electron chi connectivity index (χ1n) is 11.0. The summed E-state index contributed by atoms with van der Waals surface area (Å²) in [5, 5.41) is 8.41. The van der Waals surface area contributed by atoms with Gasteiger partial charge in [-0.2, -0.15) is 4.98 Å². The van der Waals surface area contributed by atoms with Crippen LogP contribution in [-0.4, -0.2) is 27.3 Å². The summed E-state index contributed by atoms with van der Waals surface area (Å²) in [6, 6.07) is 23.2. The van der Waals surface area contributed by atoms with Crippen LogP contribution in [0.1, 0.15) is 24.8 Å². The lowest BCUT2D eigenvalue weighted by Gasteiger charge is -2.09. The van der Waals surface area contributed by atoms with Gasteiger partial charge in [-0.25, -0.2) is 4.68 Å². The zero-order valence-corrected chi connectivity index (χ0v) is 19.9. The smallest absolute Gasteiger partial charge is 0.336 e. The lowest BCUT2D eigenvalue weighted by Crippen LogP contribution is -2.14. The quantitative estimate of drug-likeness (QED) is 0.324. The first-order valence-corrected chi connectivity index (χ1v) is 11.8. The Morgan fingerprint density at radius 3 is 2.53 bits per heavy atom. The molecule has 5 rings (SSSR count). The zero-order valence-electron chi connectivity index (χ0n) is 18.4. The van der Waals surface area contributed by atoms with Crippen molar-refractivity contribution in [2.45, 2.75) is 19.3 Å². The van der Waals surface area contributed by atoms with Crippen LogP contribution >= 0.6 is 23.2 Å². The number of nitrogens with zero attached hydrogens (tertiary/aromatic N) is 3. The van der Waals surface area contributed by atoms with Crippen LogP contribution in [-0.2, 0) is 4.79 Å². The Morgan fingerprint density at radius 1 is 1.06 bits per heavy atom. The molecule has 2 atom stereocenters. The Kier molecular flexibility index (Phi) is 6.26. The van der Waals surface area contributed by atoms with Crippen LogP contribution in [0.3, 0.4) is 0 Å². The third-order valence-corrected chi connectivity index (χ3v) is 6.51. The number of hydrogen-bond acceptors (Lipinski definition) is 4. The number of rotatable bonds is 7. The minimum atomic E-state index is 0.00685. The summed E-state index contributed by atoms with van der Waals surface area (Å²) >= 11 is 12.3. The van der Waals surface area contributed by atoms with Gasteiger partial charge in [0.25, 0.3) is 0 Å². The highest BCUT2D eigenvalue weighted by Gasteiger charge is 2.43. The summed E-state index contributed by atoms with van der Waals surface area (Å²) in [5.41, 5.74) is 3.47. The fourth-order valence-corrected chi connectivity index (χ4v) is 4.26. The number of halogens is 2. The van der Waals surface area contributed by atoms with E-state index in [9.17, 15) is 4.79 Å². The second-order valence-corrected chi connectivity index (χ2v) is 8.90. The molecule has 6 nitrogen and oxygen atoms in total. The normalized spacial score (nSPS) is 16.8. The van der Waals surface area contributed by atoms with Crippen molar-refractivity contribution in [2.24, 2.45) is 5.92 Å². The summed E-state index contributed by atoms with van der Waals surface area (Å²) in [6.07, 6.45) is 0.875. The largest absolute Gasteiger partial charge is 0.463 e. The number of anilines is 1. The Morgan fingerprint density at radius 2 is 1.82 bits per heavy atom. The molecule has 0 bridgehead atoms. The average molecular weight is 493 g/mol. The van der Waals surface area contributed by atoms with Gasteiger partial charge < -0.3 is 10.1 Å². The molecule has 1 amide bonds. The number of nitrogens with one attached hydrogen (secondary N) is 1. The van der Waals surface area contributed by atoms with E-state index in [0.717, 1.165) is 23.4 Å². The van der Waals surface area contributed by atoms with Crippen molar-refractivity contribution < 1.29 is 9.53 Å². The second kappa shape index (κ2) is 9.49. The summed E-state index contributed by atoms with van der Waals surface area (Å²) in [7, 11) is 0. The Bertz CT molecular complexity index is 1320. The van der Waals surface area contributed by atoms with Crippen LogP contribution in [0.5, 0.6) is 6.01 Å². The van der Waals surface area contributed by atoms with Gasteiger partial charge in [0.05, 0.1) is 22.3 Å². The molecule has 1 aliphatic rings. The van der Waals surface area contributed by atoms with E-state index in [4.69, 9.17) is 27.9 Å². The Hall–Kier alpha value is -3.35. The van der Waals surface area contributed by atoms with Crippen molar-refractivity contribution in [3.05, 3.63) is 88.4 Å². The molecule has 8 heteroatoms. The molecule has 0 aliphatic heterocycles. The maximum absolute atomic E-state index is 12.7. The van der Waals surface area contributed by atoms with Crippen molar-refractivity contribution in [3.8, 4) is 23.1 Å². The highest BCUT2D eigenvalue weighted by molar-refractivity contribution is 6.42. The molecule has 1 aliphatic carbocycles. The molecule has 1 heterocycles. The van der Waals surface area contributed by atoms with Gasteiger partial charge in [0, 0.05) is 17.2 Å². The standard InChI is InChI=1S/C26H22Cl2N4O2/c1-2-34-26-30-24(17-8-13-22(27)23(28)14-17)32(31-26)19-11-9-18(10-12-19)29-25(33)21-15-20(21)16-6-4-3-5-7-16/h3-14,20-21H,2,15H2,1H3,(H,29,33)/t20-,21+/m0/s1. The fourth-order valence-electron chi connectivity index (χ4n) is 3.96. The van der Waals surface area contributed by atoms with Crippen LogP contribution in [0, 0.1) is 5.92 Å². The number of ether oxygens (including phenoxy) is 1. The third-order valence-electron chi connectivity index (χ3n) is 5.77. The molecule has 1 N–H and O–H groups in total. The van der Waals surface area contributed by atoms with Gasteiger partial charge in [-0.05, 0) is 67.3 Å². The lowest BCUT2D eigenvalue weighted by atomic mass is 10.1. The monoisotopic (exact) mass is 492 g/mol. The van der Waals surface area contributed by atoms with E-state index in [1.165, 1.54) is 5.56 Å². The average Bonchev–Trinajstić information content (AvgIpc) is 3.56. The van der Waals surface area contributed by atoms with Gasteiger partial charge in [-0.15, -0.1) is 5.10 Å². The SMILES string of the molecule is CCOc1nc(-c2ccc(Cl)c(Cl)c2)n(-c2ccc(NC(=O)[C@@H]3C[C@H]3c3ccccc3)cc2)n1. The molecular weight excluding hydrogens is 471 g/mol. The van der Waals surface area contributed by atoms with E-state index in [-0.39, 0.29) is 17.8 Å². The highest BCUT2D eigenvalue weighted by atomic mass is 35.5. The first-order chi connectivity index (χ1) is 16.5. The number of benzene rings is 3. The molecule has 1 saturated carbocycles. The van der Waals surface area contributed by atoms with E-state index < -0.39 is 0 Å². The van der Waals surface area contributed by atoms with E-state index in [1.807, 2.05) is 55.5 Å². The van der Waals surface area contributed by atoms with E-state index >= 15 is 0 Å². The van der Waals surface area contributed by atoms with Crippen molar-refractivity contribution in [1.29, 1.82) is 0 Å². The van der Waals surface area contributed by atoms with E-state index in [0.29, 0.717) is 28.4 Å². The van der Waals surface area contributed by atoms with E-state index in [2.05, 4.69) is 27.5 Å². The molecule has 0 radical (unpaired) electrons. The number of hydrogen-bond donors (Lipinski definition) is 1.